The second kappa shape index (κ2) is 11.5. The van der Waals surface area contributed by atoms with Gasteiger partial charge in [-0.25, -0.2) is 4.79 Å². The maximum Gasteiger partial charge on any atom is 0.341 e. The molecule has 0 bridgehead atoms. The van der Waals surface area contributed by atoms with E-state index in [1.807, 2.05) is 51.4 Å². The number of hydrogen-bond donors (Lipinski definition) is 1. The summed E-state index contributed by atoms with van der Waals surface area (Å²) in [5.41, 5.74) is 2.65. The number of thiophene rings is 1. The minimum absolute atomic E-state index is 0.125. The third-order valence-electron chi connectivity index (χ3n) is 4.95. The second-order valence-electron chi connectivity index (χ2n) is 7.85. The molecule has 10 heteroatoms. The molecule has 0 radical (unpaired) electrons. The van der Waals surface area contributed by atoms with Crippen LogP contribution in [0.1, 0.15) is 59.1 Å². The predicted molar refractivity (Wildman–Crippen MR) is 135 cm³/mol. The summed E-state index contributed by atoms with van der Waals surface area (Å²) in [6.07, 6.45) is 0.457. The number of thioether (sulfide) groups is 1. The zero-order chi connectivity index (χ0) is 24.8. The monoisotopic (exact) mass is 502 g/mol. The number of carbonyl (C=O) groups is 2. The van der Waals surface area contributed by atoms with Gasteiger partial charge in [-0.2, -0.15) is 0 Å². The Labute approximate surface area is 208 Å². The fourth-order valence-corrected chi connectivity index (χ4v) is 5.14. The van der Waals surface area contributed by atoms with Gasteiger partial charge >= 0.3 is 5.97 Å². The van der Waals surface area contributed by atoms with Crippen molar-refractivity contribution in [3.8, 4) is 5.75 Å². The highest BCUT2D eigenvalue weighted by Gasteiger charge is 2.21. The first-order chi connectivity index (χ1) is 16.2. The minimum Gasteiger partial charge on any atom is -0.483 e. The van der Waals surface area contributed by atoms with Crippen LogP contribution in [0, 0.1) is 13.8 Å². The van der Waals surface area contributed by atoms with Crippen molar-refractivity contribution in [2.45, 2.75) is 52.3 Å². The number of aryl methyl sites for hydroxylation is 3. The van der Waals surface area contributed by atoms with Crippen LogP contribution in [0.25, 0.3) is 0 Å². The Balaban J connectivity index is 1.63. The summed E-state index contributed by atoms with van der Waals surface area (Å²) in [6, 6.07) is 7.84. The summed E-state index contributed by atoms with van der Waals surface area (Å²) in [4.78, 5) is 25.8. The van der Waals surface area contributed by atoms with Crippen molar-refractivity contribution in [2.24, 2.45) is 7.05 Å². The van der Waals surface area contributed by atoms with Gasteiger partial charge < -0.3 is 19.4 Å². The molecule has 1 N–H and O–H groups in total. The molecule has 0 saturated heterocycles. The number of rotatable bonds is 10. The van der Waals surface area contributed by atoms with E-state index in [9.17, 15) is 9.59 Å². The fraction of sp³-hybridized carbons (Fsp3) is 0.417. The number of aromatic nitrogens is 3. The summed E-state index contributed by atoms with van der Waals surface area (Å²) in [7, 11) is 1.85. The number of hydrogen-bond acceptors (Lipinski definition) is 8. The van der Waals surface area contributed by atoms with Crippen LogP contribution in [0.5, 0.6) is 5.75 Å². The molecule has 0 aliphatic rings. The first-order valence-corrected chi connectivity index (χ1v) is 12.9. The molecule has 3 rings (SSSR count). The zero-order valence-electron chi connectivity index (χ0n) is 20.3. The van der Waals surface area contributed by atoms with E-state index in [-0.39, 0.29) is 24.4 Å². The van der Waals surface area contributed by atoms with Gasteiger partial charge in [0.15, 0.2) is 17.1 Å². The molecule has 1 atom stereocenters. The lowest BCUT2D eigenvalue weighted by Gasteiger charge is -2.15. The first kappa shape index (κ1) is 25.8. The third kappa shape index (κ3) is 6.38. The number of nitrogens with one attached hydrogen (secondary N) is 1. The quantitative estimate of drug-likeness (QED) is 0.304. The number of anilines is 1. The Morgan fingerprint density at radius 3 is 2.50 bits per heavy atom. The zero-order valence-corrected chi connectivity index (χ0v) is 21.9. The van der Waals surface area contributed by atoms with Crippen molar-refractivity contribution in [3.05, 3.63) is 51.7 Å². The van der Waals surface area contributed by atoms with Gasteiger partial charge in [-0.05, 0) is 63.4 Å². The van der Waals surface area contributed by atoms with E-state index in [0.717, 1.165) is 28.2 Å². The number of ether oxygens (including phenoxy) is 2. The molecule has 0 aliphatic heterocycles. The van der Waals surface area contributed by atoms with Crippen LogP contribution in [-0.4, -0.2) is 39.0 Å². The van der Waals surface area contributed by atoms with Gasteiger partial charge in [0.25, 0.3) is 0 Å². The Morgan fingerprint density at radius 2 is 1.85 bits per heavy atom. The van der Waals surface area contributed by atoms with Crippen LogP contribution >= 0.6 is 23.1 Å². The highest BCUT2D eigenvalue weighted by Crippen LogP contribution is 2.30. The summed E-state index contributed by atoms with van der Waals surface area (Å²) in [6.45, 7) is 10.0. The first-order valence-electron chi connectivity index (χ1n) is 11.1. The average Bonchev–Trinajstić information content (AvgIpc) is 3.34. The molecule has 0 saturated carbocycles. The van der Waals surface area contributed by atoms with Crippen LogP contribution in [-0.2, 0) is 23.0 Å². The van der Waals surface area contributed by atoms with Gasteiger partial charge in [0, 0.05) is 11.9 Å². The molecule has 2 heterocycles. The van der Waals surface area contributed by atoms with E-state index >= 15 is 0 Å². The van der Waals surface area contributed by atoms with Crippen LogP contribution < -0.4 is 10.1 Å². The predicted octanol–water partition coefficient (Wildman–Crippen LogP) is 5.10. The standard InChI is InChI=1S/C24H30N4O4S2/c1-7-18-12-19(23(30)31-8-2)22(34-18)25-20(29)13-33-24-27-26-21(28(24)6)16(5)32-17-10-14(3)9-15(4)11-17/h9-12,16H,7-8,13H2,1-6H3,(H,25,29). The topological polar surface area (TPSA) is 95.3 Å². The SMILES string of the molecule is CCOC(=O)c1cc(CC)sc1NC(=O)CSc1nnc(C(C)Oc2cc(C)cc(C)c2)n1C. The van der Waals surface area contributed by atoms with Gasteiger partial charge in [0.05, 0.1) is 17.9 Å². The molecule has 0 aliphatic carbocycles. The molecular formula is C24H30N4O4S2. The maximum absolute atomic E-state index is 12.6. The molecule has 8 nitrogen and oxygen atoms in total. The molecule has 34 heavy (non-hydrogen) atoms. The summed E-state index contributed by atoms with van der Waals surface area (Å²) in [5, 5.41) is 12.4. The molecule has 1 amide bonds. The minimum atomic E-state index is -0.433. The molecule has 1 aromatic carbocycles. The fourth-order valence-electron chi connectivity index (χ4n) is 3.43. The van der Waals surface area contributed by atoms with Gasteiger partial charge in [0.2, 0.25) is 5.91 Å². The molecule has 182 valence electrons. The number of carbonyl (C=O) groups excluding carboxylic acids is 2. The molecule has 0 spiro atoms. The van der Waals surface area contributed by atoms with Gasteiger partial charge in [-0.3, -0.25) is 4.79 Å². The lowest BCUT2D eigenvalue weighted by atomic mass is 10.1. The Bertz CT molecular complexity index is 1150. The Kier molecular flexibility index (Phi) is 8.73. The normalized spacial score (nSPS) is 11.8. The summed E-state index contributed by atoms with van der Waals surface area (Å²) >= 11 is 2.66. The lowest BCUT2D eigenvalue weighted by Crippen LogP contribution is -2.16. The van der Waals surface area contributed by atoms with Crippen LogP contribution in [0.4, 0.5) is 5.00 Å². The van der Waals surface area contributed by atoms with Crippen molar-refractivity contribution in [3.63, 3.8) is 0 Å². The van der Waals surface area contributed by atoms with E-state index in [2.05, 4.69) is 21.6 Å². The number of benzene rings is 1. The molecule has 2 aromatic heterocycles. The van der Waals surface area contributed by atoms with Crippen molar-refractivity contribution < 1.29 is 19.1 Å². The summed E-state index contributed by atoms with van der Waals surface area (Å²) < 4.78 is 13.0. The van der Waals surface area contributed by atoms with Crippen LogP contribution in [0.2, 0.25) is 0 Å². The highest BCUT2D eigenvalue weighted by molar-refractivity contribution is 7.99. The number of nitrogens with zero attached hydrogens (tertiary/aromatic N) is 3. The van der Waals surface area contributed by atoms with E-state index in [1.54, 1.807) is 13.0 Å². The van der Waals surface area contributed by atoms with Crippen molar-refractivity contribution >= 4 is 40.0 Å². The number of esters is 1. The largest absolute Gasteiger partial charge is 0.483 e. The van der Waals surface area contributed by atoms with Crippen molar-refractivity contribution in [2.75, 3.05) is 17.7 Å². The number of amides is 1. The van der Waals surface area contributed by atoms with Crippen molar-refractivity contribution in [1.29, 1.82) is 0 Å². The Morgan fingerprint density at radius 1 is 1.15 bits per heavy atom. The third-order valence-corrected chi connectivity index (χ3v) is 7.17. The smallest absolute Gasteiger partial charge is 0.341 e. The molecule has 3 aromatic rings. The molecular weight excluding hydrogens is 472 g/mol. The lowest BCUT2D eigenvalue weighted by molar-refractivity contribution is -0.113. The van der Waals surface area contributed by atoms with Gasteiger partial charge in [-0.1, -0.05) is 24.8 Å². The van der Waals surface area contributed by atoms with E-state index in [4.69, 9.17) is 9.47 Å². The van der Waals surface area contributed by atoms with Crippen LogP contribution in [0.15, 0.2) is 29.4 Å². The molecule has 1 unspecified atom stereocenters. The van der Waals surface area contributed by atoms with Gasteiger partial charge in [-0.15, -0.1) is 21.5 Å². The summed E-state index contributed by atoms with van der Waals surface area (Å²) in [5.74, 6) is 0.903. The average molecular weight is 503 g/mol. The van der Waals surface area contributed by atoms with E-state index in [0.29, 0.717) is 21.5 Å². The molecule has 0 fully saturated rings. The van der Waals surface area contributed by atoms with E-state index < -0.39 is 5.97 Å². The van der Waals surface area contributed by atoms with Crippen LogP contribution in [0.3, 0.4) is 0 Å². The Hall–Kier alpha value is -2.85. The highest BCUT2D eigenvalue weighted by atomic mass is 32.2. The van der Waals surface area contributed by atoms with Gasteiger partial charge in [0.1, 0.15) is 10.8 Å². The van der Waals surface area contributed by atoms with Crippen molar-refractivity contribution in [1.82, 2.24) is 14.8 Å². The maximum atomic E-state index is 12.6. The second-order valence-corrected chi connectivity index (χ2v) is 9.93. The van der Waals surface area contributed by atoms with E-state index in [1.165, 1.54) is 23.1 Å².